The van der Waals surface area contributed by atoms with E-state index in [-0.39, 0.29) is 41.6 Å². The Morgan fingerprint density at radius 3 is 2.35 bits per heavy atom. The Labute approximate surface area is 122 Å². The maximum atomic E-state index is 11.1. The molecule has 0 radical (unpaired) electrons. The molecule has 9 heteroatoms. The van der Waals surface area contributed by atoms with Crippen molar-refractivity contribution in [3.8, 4) is 0 Å². The van der Waals surface area contributed by atoms with Crippen LogP contribution in [-0.4, -0.2) is 51.6 Å². The molecule has 0 spiro atoms. The second kappa shape index (κ2) is 9.24. The molecule has 0 amide bonds. The molecule has 0 aliphatic heterocycles. The normalized spacial score (nSPS) is 12.5. The van der Waals surface area contributed by atoms with Gasteiger partial charge >= 0.3 is 43.3 Å². The number of rotatable bonds is 7. The van der Waals surface area contributed by atoms with E-state index in [1.807, 2.05) is 0 Å². The van der Waals surface area contributed by atoms with Crippen molar-refractivity contribution in [1.82, 2.24) is 0 Å². The molecular formula is C8H16NaO7P. The van der Waals surface area contributed by atoms with Crippen LogP contribution in [0.3, 0.4) is 0 Å². The van der Waals surface area contributed by atoms with Crippen molar-refractivity contribution in [1.29, 1.82) is 0 Å². The zero-order chi connectivity index (χ0) is 12.8. The van der Waals surface area contributed by atoms with Crippen molar-refractivity contribution < 1.29 is 33.4 Å². The first-order valence-electron chi connectivity index (χ1n) is 4.53. The molecule has 0 aliphatic carbocycles. The quantitative estimate of drug-likeness (QED) is 0.134. The van der Waals surface area contributed by atoms with Gasteiger partial charge in [-0.1, -0.05) is 19.9 Å². The molecule has 1 unspecified atom stereocenters. The predicted octanol–water partition coefficient (Wildman–Crippen LogP) is 0.624. The summed E-state index contributed by atoms with van der Waals surface area (Å²) in [6.45, 7) is 6.57. The first-order chi connectivity index (χ1) is 7.26. The molecular weight excluding hydrogens is 262 g/mol. The molecule has 96 valence electrons. The Balaban J connectivity index is 0. The minimum absolute atomic E-state index is 0. The first-order valence-corrected chi connectivity index (χ1v) is 6.06. The standard InChI is InChI=1S/C8H15O7P.Na.H/c1-4-5-7(13-8(9)6(2)3)14-15-16(10,11)12;;/h7H,2,4-5H2,1,3H3,(H2,10,11,12);;. The van der Waals surface area contributed by atoms with Gasteiger partial charge in [-0.3, -0.25) is 0 Å². The van der Waals surface area contributed by atoms with Gasteiger partial charge < -0.3 is 14.5 Å². The molecule has 0 saturated heterocycles. The number of hydrogen-bond acceptors (Lipinski definition) is 5. The van der Waals surface area contributed by atoms with Crippen molar-refractivity contribution in [2.24, 2.45) is 0 Å². The molecule has 0 aliphatic rings. The Bertz CT molecular complexity index is 300. The van der Waals surface area contributed by atoms with Gasteiger partial charge in [-0.05, 0) is 6.92 Å². The van der Waals surface area contributed by atoms with Gasteiger partial charge in [0.15, 0.2) is 0 Å². The average molecular weight is 278 g/mol. The van der Waals surface area contributed by atoms with Gasteiger partial charge in [-0.25, -0.2) is 9.36 Å². The third-order valence-corrected chi connectivity index (χ3v) is 1.64. The summed E-state index contributed by atoms with van der Waals surface area (Å²) in [4.78, 5) is 32.2. The van der Waals surface area contributed by atoms with Gasteiger partial charge in [0.1, 0.15) is 0 Å². The van der Waals surface area contributed by atoms with Crippen LogP contribution in [0.5, 0.6) is 0 Å². The van der Waals surface area contributed by atoms with Gasteiger partial charge in [0.05, 0.1) is 0 Å². The minimum atomic E-state index is -4.75. The van der Waals surface area contributed by atoms with Crippen LogP contribution in [-0.2, 0) is 23.7 Å². The van der Waals surface area contributed by atoms with Gasteiger partial charge in [-0.15, -0.1) is 4.67 Å². The summed E-state index contributed by atoms with van der Waals surface area (Å²) in [5.41, 5.74) is 0.154. The molecule has 0 fully saturated rings. The molecule has 0 heterocycles. The summed E-state index contributed by atoms with van der Waals surface area (Å²) in [6.07, 6.45) is -0.334. The summed E-state index contributed by atoms with van der Waals surface area (Å²) in [5.74, 6) is -0.715. The van der Waals surface area contributed by atoms with Crippen LogP contribution in [0.25, 0.3) is 0 Å². The second-order valence-corrected chi connectivity index (χ2v) is 4.20. The van der Waals surface area contributed by atoms with E-state index < -0.39 is 20.1 Å². The van der Waals surface area contributed by atoms with E-state index in [1.165, 1.54) is 6.92 Å². The number of hydrogen-bond donors (Lipinski definition) is 2. The maximum absolute atomic E-state index is 11.1. The van der Waals surface area contributed by atoms with Crippen LogP contribution in [0.1, 0.15) is 26.7 Å². The summed E-state index contributed by atoms with van der Waals surface area (Å²) < 4.78 is 18.9. The zero-order valence-corrected chi connectivity index (χ0v) is 9.98. The van der Waals surface area contributed by atoms with Crippen LogP contribution in [0, 0.1) is 0 Å². The van der Waals surface area contributed by atoms with Crippen LogP contribution in [0.4, 0.5) is 0 Å². The van der Waals surface area contributed by atoms with Crippen LogP contribution in [0.15, 0.2) is 12.2 Å². The van der Waals surface area contributed by atoms with E-state index in [0.29, 0.717) is 6.42 Å². The SMILES string of the molecule is C=C(C)C(=O)OC(CCC)OOP(=O)(O)O.[NaH]. The summed E-state index contributed by atoms with van der Waals surface area (Å²) in [6, 6.07) is 0. The molecule has 0 saturated carbocycles. The van der Waals surface area contributed by atoms with E-state index in [4.69, 9.17) is 14.5 Å². The number of phosphoric acid groups is 1. The second-order valence-electron chi connectivity index (χ2n) is 3.07. The topological polar surface area (TPSA) is 102 Å². The monoisotopic (exact) mass is 278 g/mol. The Kier molecular flexibility index (Phi) is 10.7. The molecule has 0 aromatic rings. The number of carbonyl (C=O) groups is 1. The molecule has 0 bridgehead atoms. The Morgan fingerprint density at radius 1 is 1.47 bits per heavy atom. The summed E-state index contributed by atoms with van der Waals surface area (Å²) >= 11 is 0. The third-order valence-electron chi connectivity index (χ3n) is 1.36. The predicted molar refractivity (Wildman–Crippen MR) is 61.0 cm³/mol. The molecule has 0 aromatic heterocycles. The first kappa shape index (κ1) is 19.6. The number of carbonyl (C=O) groups excluding carboxylic acids is 1. The van der Waals surface area contributed by atoms with Gasteiger partial charge in [0.25, 0.3) is 0 Å². The zero-order valence-electron chi connectivity index (χ0n) is 9.08. The fourth-order valence-corrected chi connectivity index (χ4v) is 0.895. The van der Waals surface area contributed by atoms with Crippen molar-refractivity contribution in [3.63, 3.8) is 0 Å². The third kappa shape index (κ3) is 11.1. The number of esters is 1. The summed E-state index contributed by atoms with van der Waals surface area (Å²) in [5, 5.41) is 0. The molecule has 2 N–H and O–H groups in total. The average Bonchev–Trinajstić information content (AvgIpc) is 2.13. The van der Waals surface area contributed by atoms with Gasteiger partial charge in [-0.2, -0.15) is 4.89 Å². The van der Waals surface area contributed by atoms with E-state index in [9.17, 15) is 9.36 Å². The van der Waals surface area contributed by atoms with Crippen LogP contribution < -0.4 is 0 Å². The van der Waals surface area contributed by atoms with Gasteiger partial charge in [0.2, 0.25) is 6.29 Å². The fraction of sp³-hybridized carbons (Fsp3) is 0.625. The van der Waals surface area contributed by atoms with Gasteiger partial charge in [0, 0.05) is 12.0 Å². The van der Waals surface area contributed by atoms with E-state index in [2.05, 4.69) is 16.1 Å². The van der Waals surface area contributed by atoms with Crippen molar-refractivity contribution in [2.75, 3.05) is 0 Å². The van der Waals surface area contributed by atoms with Crippen LogP contribution >= 0.6 is 7.82 Å². The van der Waals surface area contributed by atoms with Crippen molar-refractivity contribution >= 4 is 43.3 Å². The number of ether oxygens (including phenoxy) is 1. The van der Waals surface area contributed by atoms with E-state index >= 15 is 0 Å². The molecule has 0 aromatic carbocycles. The van der Waals surface area contributed by atoms with E-state index in [0.717, 1.165) is 0 Å². The molecule has 17 heavy (non-hydrogen) atoms. The van der Waals surface area contributed by atoms with Crippen molar-refractivity contribution in [2.45, 2.75) is 33.0 Å². The van der Waals surface area contributed by atoms with E-state index in [1.54, 1.807) is 6.92 Å². The fourth-order valence-electron chi connectivity index (χ4n) is 0.686. The summed E-state index contributed by atoms with van der Waals surface area (Å²) in [7, 11) is -4.75. The van der Waals surface area contributed by atoms with Crippen LogP contribution in [0.2, 0.25) is 0 Å². The molecule has 7 nitrogen and oxygen atoms in total. The Morgan fingerprint density at radius 2 is 2.00 bits per heavy atom. The molecule has 0 rings (SSSR count). The Hall–Kier alpha value is 0.280. The molecule has 1 atom stereocenters. The van der Waals surface area contributed by atoms with Crippen molar-refractivity contribution in [3.05, 3.63) is 12.2 Å².